The molecular weight excluding hydrogens is 402 g/mol. The summed E-state index contributed by atoms with van der Waals surface area (Å²) in [5.41, 5.74) is 1.40. The molecule has 0 unspecified atom stereocenters. The van der Waals surface area contributed by atoms with Gasteiger partial charge in [-0.25, -0.2) is 19.6 Å². The number of nitrogens with zero attached hydrogens (tertiary/aromatic N) is 4. The minimum atomic E-state index is -1.04. The number of rotatable bonds is 9. The molecule has 1 atom stereocenters. The zero-order valence-electron chi connectivity index (χ0n) is 18.0. The standard InChI is InChI=1S/C21H27N5O5/c1-25(2)18(27)10-7-15-12-22-13-23-19(15)24-17(20(28)29)11-14-5-8-16(9-6-14)31-21(30)26(3)4/h5-6,8-9,12-13,17H,7,10-11H2,1-4H3,(H,28,29)(H,22,23,24)/t17-/m0/s1. The van der Waals surface area contributed by atoms with E-state index in [2.05, 4.69) is 15.3 Å². The largest absolute Gasteiger partial charge is 0.480 e. The van der Waals surface area contributed by atoms with Crippen LogP contribution in [0.15, 0.2) is 36.8 Å². The molecule has 2 aromatic rings. The monoisotopic (exact) mass is 429 g/mol. The van der Waals surface area contributed by atoms with E-state index in [1.165, 1.54) is 16.1 Å². The first kappa shape index (κ1) is 23.6. The zero-order valence-corrected chi connectivity index (χ0v) is 18.0. The molecule has 0 bridgehead atoms. The molecule has 0 fully saturated rings. The number of benzene rings is 1. The van der Waals surface area contributed by atoms with Gasteiger partial charge >= 0.3 is 12.1 Å². The van der Waals surface area contributed by atoms with Crippen LogP contribution in [-0.4, -0.2) is 77.1 Å². The van der Waals surface area contributed by atoms with Crippen molar-refractivity contribution in [3.63, 3.8) is 0 Å². The van der Waals surface area contributed by atoms with Crippen LogP contribution in [0.4, 0.5) is 10.6 Å². The quantitative estimate of drug-likeness (QED) is 0.617. The van der Waals surface area contributed by atoms with Gasteiger partial charge in [-0.15, -0.1) is 0 Å². The molecule has 2 rings (SSSR count). The van der Waals surface area contributed by atoms with E-state index in [-0.39, 0.29) is 18.7 Å². The second kappa shape index (κ2) is 10.9. The summed E-state index contributed by atoms with van der Waals surface area (Å²) in [6.07, 6.45) is 3.23. The number of ether oxygens (including phenoxy) is 1. The van der Waals surface area contributed by atoms with Crippen LogP contribution in [0.2, 0.25) is 0 Å². The Hall–Kier alpha value is -3.69. The van der Waals surface area contributed by atoms with Gasteiger partial charge < -0.3 is 25.0 Å². The molecule has 10 nitrogen and oxygen atoms in total. The number of anilines is 1. The second-order valence-electron chi connectivity index (χ2n) is 7.33. The third kappa shape index (κ3) is 7.25. The molecule has 0 saturated carbocycles. The maximum atomic E-state index is 11.9. The molecule has 10 heteroatoms. The molecule has 1 aromatic heterocycles. The Bertz CT molecular complexity index is 915. The molecule has 2 amide bonds. The summed E-state index contributed by atoms with van der Waals surface area (Å²) in [7, 11) is 6.52. The van der Waals surface area contributed by atoms with E-state index >= 15 is 0 Å². The Morgan fingerprint density at radius 1 is 1.10 bits per heavy atom. The first-order valence-electron chi connectivity index (χ1n) is 9.63. The maximum absolute atomic E-state index is 11.9. The highest BCUT2D eigenvalue weighted by atomic mass is 16.6. The molecule has 166 valence electrons. The predicted molar refractivity (Wildman–Crippen MR) is 114 cm³/mol. The van der Waals surface area contributed by atoms with Crippen molar-refractivity contribution in [3.8, 4) is 5.75 Å². The lowest BCUT2D eigenvalue weighted by atomic mass is 10.1. The number of amides is 2. The fraction of sp³-hybridized carbons (Fsp3) is 0.381. The van der Waals surface area contributed by atoms with Crippen molar-refractivity contribution >= 4 is 23.8 Å². The van der Waals surface area contributed by atoms with Gasteiger partial charge in [0.2, 0.25) is 5.91 Å². The normalized spacial score (nSPS) is 11.4. The lowest BCUT2D eigenvalue weighted by Crippen LogP contribution is -2.32. The number of aryl methyl sites for hydroxylation is 1. The van der Waals surface area contributed by atoms with E-state index < -0.39 is 18.1 Å². The fourth-order valence-corrected chi connectivity index (χ4v) is 2.62. The highest BCUT2D eigenvalue weighted by Crippen LogP contribution is 2.18. The number of carboxylic acid groups (broad SMARTS) is 1. The van der Waals surface area contributed by atoms with Crippen molar-refractivity contribution in [2.75, 3.05) is 33.5 Å². The Balaban J connectivity index is 2.08. The average molecular weight is 429 g/mol. The summed E-state index contributed by atoms with van der Waals surface area (Å²) >= 11 is 0. The van der Waals surface area contributed by atoms with E-state index in [0.29, 0.717) is 23.6 Å². The number of aromatic nitrogens is 2. The molecule has 0 aliphatic rings. The van der Waals surface area contributed by atoms with Gasteiger partial charge in [0, 0.05) is 52.8 Å². The fourth-order valence-electron chi connectivity index (χ4n) is 2.62. The van der Waals surface area contributed by atoms with Crippen molar-refractivity contribution in [1.82, 2.24) is 19.8 Å². The van der Waals surface area contributed by atoms with Gasteiger partial charge in [0.05, 0.1) is 0 Å². The lowest BCUT2D eigenvalue weighted by molar-refractivity contribution is -0.138. The first-order valence-corrected chi connectivity index (χ1v) is 9.63. The minimum absolute atomic E-state index is 0.0420. The smallest absolute Gasteiger partial charge is 0.414 e. The Labute approximate surface area is 180 Å². The molecule has 0 aliphatic carbocycles. The van der Waals surface area contributed by atoms with Crippen LogP contribution in [0, 0.1) is 0 Å². The lowest BCUT2D eigenvalue weighted by Gasteiger charge is -2.18. The Morgan fingerprint density at radius 3 is 2.35 bits per heavy atom. The molecule has 0 radical (unpaired) electrons. The maximum Gasteiger partial charge on any atom is 0.414 e. The SMILES string of the molecule is CN(C)C(=O)CCc1cncnc1N[C@@H](Cc1ccc(OC(=O)N(C)C)cc1)C(=O)O. The molecule has 0 aliphatic heterocycles. The van der Waals surface area contributed by atoms with E-state index in [4.69, 9.17) is 4.74 Å². The molecule has 1 heterocycles. The van der Waals surface area contributed by atoms with Gasteiger partial charge in [0.25, 0.3) is 0 Å². The van der Waals surface area contributed by atoms with Gasteiger partial charge in [0.1, 0.15) is 23.9 Å². The van der Waals surface area contributed by atoms with Crippen LogP contribution < -0.4 is 10.1 Å². The van der Waals surface area contributed by atoms with E-state index in [1.54, 1.807) is 58.7 Å². The molecule has 0 spiro atoms. The summed E-state index contributed by atoms with van der Waals surface area (Å²) < 4.78 is 5.16. The van der Waals surface area contributed by atoms with Gasteiger partial charge in [0.15, 0.2) is 0 Å². The molecule has 2 N–H and O–H groups in total. The van der Waals surface area contributed by atoms with Gasteiger partial charge in [-0.05, 0) is 24.1 Å². The second-order valence-corrected chi connectivity index (χ2v) is 7.33. The van der Waals surface area contributed by atoms with Crippen LogP contribution >= 0.6 is 0 Å². The van der Waals surface area contributed by atoms with Crippen molar-refractivity contribution in [1.29, 1.82) is 0 Å². The molecule has 1 aromatic carbocycles. The van der Waals surface area contributed by atoms with E-state index in [9.17, 15) is 19.5 Å². The first-order chi connectivity index (χ1) is 14.7. The summed E-state index contributed by atoms with van der Waals surface area (Å²) in [6.45, 7) is 0. The number of carbonyl (C=O) groups is 3. The van der Waals surface area contributed by atoms with Gasteiger partial charge in [-0.1, -0.05) is 12.1 Å². The summed E-state index contributed by atoms with van der Waals surface area (Å²) in [6, 6.07) is 5.67. The van der Waals surface area contributed by atoms with Crippen LogP contribution in [-0.2, 0) is 22.4 Å². The number of hydrogen-bond donors (Lipinski definition) is 2. The number of carbonyl (C=O) groups excluding carboxylic acids is 2. The van der Waals surface area contributed by atoms with Gasteiger partial charge in [-0.3, -0.25) is 4.79 Å². The van der Waals surface area contributed by atoms with Crippen LogP contribution in [0.5, 0.6) is 5.75 Å². The zero-order chi connectivity index (χ0) is 23.0. The van der Waals surface area contributed by atoms with Crippen molar-refractivity contribution < 1.29 is 24.2 Å². The van der Waals surface area contributed by atoms with Crippen molar-refractivity contribution in [2.24, 2.45) is 0 Å². The van der Waals surface area contributed by atoms with Crippen LogP contribution in [0.1, 0.15) is 17.5 Å². The predicted octanol–water partition coefficient (Wildman–Crippen LogP) is 1.67. The Morgan fingerprint density at radius 2 is 1.77 bits per heavy atom. The number of aliphatic carboxylic acids is 1. The third-order valence-corrected chi connectivity index (χ3v) is 4.44. The summed E-state index contributed by atoms with van der Waals surface area (Å²) in [5, 5.41) is 12.6. The topological polar surface area (TPSA) is 125 Å². The molecule has 31 heavy (non-hydrogen) atoms. The number of nitrogens with one attached hydrogen (secondary N) is 1. The average Bonchev–Trinajstić information content (AvgIpc) is 2.73. The molecular formula is C21H27N5O5. The number of hydrogen-bond acceptors (Lipinski definition) is 7. The summed E-state index contributed by atoms with van der Waals surface area (Å²) in [4.78, 5) is 46.2. The van der Waals surface area contributed by atoms with Crippen molar-refractivity contribution in [2.45, 2.75) is 25.3 Å². The van der Waals surface area contributed by atoms with Crippen LogP contribution in [0.25, 0.3) is 0 Å². The van der Waals surface area contributed by atoms with E-state index in [0.717, 1.165) is 5.56 Å². The van der Waals surface area contributed by atoms with Crippen molar-refractivity contribution in [3.05, 3.63) is 47.9 Å². The molecule has 0 saturated heterocycles. The van der Waals surface area contributed by atoms with E-state index in [1.807, 2.05) is 0 Å². The highest BCUT2D eigenvalue weighted by Gasteiger charge is 2.20. The Kier molecular flexibility index (Phi) is 8.30. The number of carboxylic acids is 1. The highest BCUT2D eigenvalue weighted by molar-refractivity contribution is 5.78. The minimum Gasteiger partial charge on any atom is -0.480 e. The third-order valence-electron chi connectivity index (χ3n) is 4.44. The van der Waals surface area contributed by atoms with Gasteiger partial charge in [-0.2, -0.15) is 0 Å². The summed E-state index contributed by atoms with van der Waals surface area (Å²) in [5.74, 6) is -0.340. The van der Waals surface area contributed by atoms with Crippen LogP contribution in [0.3, 0.4) is 0 Å².